The molecule has 3 rings (SSSR count). The Balaban J connectivity index is 1.57. The van der Waals surface area contributed by atoms with Crippen LogP contribution in [-0.2, 0) is 6.54 Å². The van der Waals surface area contributed by atoms with E-state index in [0.717, 1.165) is 24.2 Å². The van der Waals surface area contributed by atoms with Gasteiger partial charge in [0, 0.05) is 36.9 Å². The van der Waals surface area contributed by atoms with E-state index in [1.54, 1.807) is 0 Å². The van der Waals surface area contributed by atoms with Crippen molar-refractivity contribution < 1.29 is 5.11 Å². The van der Waals surface area contributed by atoms with Gasteiger partial charge in [0.25, 0.3) is 0 Å². The zero-order valence-corrected chi connectivity index (χ0v) is 11.3. The fourth-order valence-corrected chi connectivity index (χ4v) is 2.48. The van der Waals surface area contributed by atoms with E-state index in [4.69, 9.17) is 5.11 Å². The largest absolute Gasteiger partial charge is 0.396 e. The lowest BCUT2D eigenvalue weighted by molar-refractivity contribution is 0.246. The number of benzene rings is 1. The van der Waals surface area contributed by atoms with Crippen LogP contribution in [0, 0.1) is 5.92 Å². The highest BCUT2D eigenvalue weighted by Gasteiger charge is 2.17. The molecule has 1 heterocycles. The fraction of sp³-hybridized carbons (Fsp3) is 0.312. The van der Waals surface area contributed by atoms with Crippen LogP contribution in [0.15, 0.2) is 54.9 Å². The normalized spacial score (nSPS) is 21.4. The summed E-state index contributed by atoms with van der Waals surface area (Å²) in [5.41, 5.74) is 2.23. The first-order valence-electron chi connectivity index (χ1n) is 6.96. The molecule has 1 aliphatic carbocycles. The molecule has 0 saturated heterocycles. The van der Waals surface area contributed by atoms with Gasteiger partial charge in [-0.2, -0.15) is 5.10 Å². The van der Waals surface area contributed by atoms with E-state index >= 15 is 0 Å². The van der Waals surface area contributed by atoms with Crippen molar-refractivity contribution in [3.8, 4) is 5.69 Å². The van der Waals surface area contributed by atoms with Crippen molar-refractivity contribution in [1.82, 2.24) is 15.1 Å². The Morgan fingerprint density at radius 3 is 2.85 bits per heavy atom. The number of rotatable bonds is 5. The maximum atomic E-state index is 9.11. The molecule has 0 spiro atoms. The molecule has 0 fully saturated rings. The summed E-state index contributed by atoms with van der Waals surface area (Å²) in [6.07, 6.45) is 9.14. The molecule has 1 aliphatic rings. The van der Waals surface area contributed by atoms with Gasteiger partial charge in [0.2, 0.25) is 0 Å². The van der Waals surface area contributed by atoms with Crippen LogP contribution in [0.25, 0.3) is 5.69 Å². The summed E-state index contributed by atoms with van der Waals surface area (Å²) in [6, 6.07) is 10.4. The second-order valence-electron chi connectivity index (χ2n) is 5.18. The predicted octanol–water partition coefficient (Wildman–Crippen LogP) is 1.90. The molecule has 0 saturated carbocycles. The van der Waals surface area contributed by atoms with Gasteiger partial charge in [0.15, 0.2) is 0 Å². The maximum absolute atomic E-state index is 9.11. The Hall–Kier alpha value is -1.91. The first kappa shape index (κ1) is 13.1. The minimum Gasteiger partial charge on any atom is -0.396 e. The molecule has 0 bridgehead atoms. The van der Waals surface area contributed by atoms with E-state index in [1.165, 1.54) is 0 Å². The molecule has 1 aromatic carbocycles. The van der Waals surface area contributed by atoms with Crippen molar-refractivity contribution in [2.75, 3.05) is 6.61 Å². The molecule has 0 aliphatic heterocycles. The average Bonchev–Trinajstić information content (AvgIpc) is 3.15. The van der Waals surface area contributed by atoms with Crippen LogP contribution in [0.5, 0.6) is 0 Å². The predicted molar refractivity (Wildman–Crippen MR) is 78.5 cm³/mol. The number of aliphatic hydroxyl groups is 1. The van der Waals surface area contributed by atoms with Gasteiger partial charge in [0.05, 0.1) is 11.9 Å². The molecule has 0 radical (unpaired) electrons. The summed E-state index contributed by atoms with van der Waals surface area (Å²) in [4.78, 5) is 0. The number of para-hydroxylation sites is 1. The zero-order valence-electron chi connectivity index (χ0n) is 11.3. The minimum absolute atomic E-state index is 0.237. The molecule has 20 heavy (non-hydrogen) atoms. The van der Waals surface area contributed by atoms with Gasteiger partial charge in [-0.05, 0) is 18.6 Å². The van der Waals surface area contributed by atoms with Crippen molar-refractivity contribution in [3.05, 3.63) is 60.4 Å². The SMILES string of the molecule is OC[C@H]1C=C[C@@H](NCc2cnn(-c3ccccc3)c2)C1. The molecule has 4 heteroatoms. The van der Waals surface area contributed by atoms with E-state index in [2.05, 4.69) is 22.6 Å². The van der Waals surface area contributed by atoms with Gasteiger partial charge in [-0.15, -0.1) is 0 Å². The second-order valence-corrected chi connectivity index (χ2v) is 5.18. The van der Waals surface area contributed by atoms with Gasteiger partial charge >= 0.3 is 0 Å². The lowest BCUT2D eigenvalue weighted by Crippen LogP contribution is -2.25. The van der Waals surface area contributed by atoms with Crippen molar-refractivity contribution in [1.29, 1.82) is 0 Å². The van der Waals surface area contributed by atoms with Gasteiger partial charge in [-0.25, -0.2) is 4.68 Å². The van der Waals surface area contributed by atoms with Crippen molar-refractivity contribution in [3.63, 3.8) is 0 Å². The van der Waals surface area contributed by atoms with Crippen LogP contribution in [0.3, 0.4) is 0 Å². The summed E-state index contributed by atoms with van der Waals surface area (Å²) >= 11 is 0. The molecule has 4 nitrogen and oxygen atoms in total. The Bertz CT molecular complexity index is 576. The van der Waals surface area contributed by atoms with E-state index in [0.29, 0.717) is 12.0 Å². The summed E-state index contributed by atoms with van der Waals surface area (Å²) < 4.78 is 1.89. The standard InChI is InChI=1S/C16H19N3O/c20-12-13-6-7-15(8-13)17-9-14-10-18-19(11-14)16-4-2-1-3-5-16/h1-7,10-11,13,15,17,20H,8-9,12H2/t13-,15+/m0/s1. The van der Waals surface area contributed by atoms with Crippen LogP contribution < -0.4 is 5.32 Å². The minimum atomic E-state index is 0.237. The Morgan fingerprint density at radius 2 is 2.10 bits per heavy atom. The van der Waals surface area contributed by atoms with Crippen LogP contribution >= 0.6 is 0 Å². The summed E-state index contributed by atoms with van der Waals surface area (Å²) in [5, 5.41) is 17.0. The van der Waals surface area contributed by atoms with Crippen LogP contribution in [0.4, 0.5) is 0 Å². The topological polar surface area (TPSA) is 50.1 Å². The van der Waals surface area contributed by atoms with Crippen LogP contribution in [0.1, 0.15) is 12.0 Å². The Morgan fingerprint density at radius 1 is 1.25 bits per heavy atom. The monoisotopic (exact) mass is 269 g/mol. The van der Waals surface area contributed by atoms with Gasteiger partial charge in [-0.1, -0.05) is 30.4 Å². The lowest BCUT2D eigenvalue weighted by Gasteiger charge is -2.11. The van der Waals surface area contributed by atoms with E-state index < -0.39 is 0 Å². The molecular weight excluding hydrogens is 250 g/mol. The summed E-state index contributed by atoms with van der Waals surface area (Å²) in [6.45, 7) is 1.03. The first-order chi connectivity index (χ1) is 9.85. The number of hydrogen-bond donors (Lipinski definition) is 2. The number of nitrogens with zero attached hydrogens (tertiary/aromatic N) is 2. The van der Waals surface area contributed by atoms with Crippen LogP contribution in [-0.4, -0.2) is 27.5 Å². The number of aromatic nitrogens is 2. The van der Waals surface area contributed by atoms with Crippen molar-refractivity contribution >= 4 is 0 Å². The molecule has 0 amide bonds. The highest BCUT2D eigenvalue weighted by atomic mass is 16.3. The summed E-state index contributed by atoms with van der Waals surface area (Å²) in [7, 11) is 0. The Labute approximate surface area is 118 Å². The molecule has 104 valence electrons. The fourth-order valence-electron chi connectivity index (χ4n) is 2.48. The van der Waals surface area contributed by atoms with Crippen molar-refractivity contribution in [2.24, 2.45) is 5.92 Å². The van der Waals surface area contributed by atoms with Gasteiger partial charge in [0.1, 0.15) is 0 Å². The Kier molecular flexibility index (Phi) is 3.95. The molecule has 2 N–H and O–H groups in total. The van der Waals surface area contributed by atoms with E-state index in [9.17, 15) is 0 Å². The lowest BCUT2D eigenvalue weighted by atomic mass is 10.1. The third kappa shape index (κ3) is 2.98. The van der Waals surface area contributed by atoms with Gasteiger partial charge in [-0.3, -0.25) is 0 Å². The van der Waals surface area contributed by atoms with Gasteiger partial charge < -0.3 is 10.4 Å². The third-order valence-corrected chi connectivity index (χ3v) is 3.63. The molecule has 2 aromatic rings. The molecule has 1 aromatic heterocycles. The number of hydrogen-bond acceptors (Lipinski definition) is 3. The first-order valence-corrected chi connectivity index (χ1v) is 6.96. The third-order valence-electron chi connectivity index (χ3n) is 3.63. The molecular formula is C16H19N3O. The smallest absolute Gasteiger partial charge is 0.0645 e. The quantitative estimate of drug-likeness (QED) is 0.815. The van der Waals surface area contributed by atoms with Crippen molar-refractivity contribution in [2.45, 2.75) is 19.0 Å². The number of nitrogens with one attached hydrogen (secondary N) is 1. The maximum Gasteiger partial charge on any atom is 0.0645 e. The summed E-state index contributed by atoms with van der Waals surface area (Å²) in [5.74, 6) is 0.305. The molecule has 2 atom stereocenters. The van der Waals surface area contributed by atoms with Crippen LogP contribution in [0.2, 0.25) is 0 Å². The second kappa shape index (κ2) is 6.03. The molecule has 0 unspecified atom stereocenters. The highest BCUT2D eigenvalue weighted by Crippen LogP contribution is 2.17. The average molecular weight is 269 g/mol. The van der Waals surface area contributed by atoms with E-state index in [-0.39, 0.29) is 6.61 Å². The zero-order chi connectivity index (χ0) is 13.8. The van der Waals surface area contributed by atoms with E-state index in [1.807, 2.05) is 47.4 Å². The number of aliphatic hydroxyl groups excluding tert-OH is 1. The highest BCUT2D eigenvalue weighted by molar-refractivity contribution is 5.30.